The summed E-state index contributed by atoms with van der Waals surface area (Å²) in [6.07, 6.45) is 6.18. The average molecular weight is 348 g/mol. The maximum Gasteiger partial charge on any atom is 0.326 e. The lowest BCUT2D eigenvalue weighted by molar-refractivity contribution is -0.141. The molecule has 2 fully saturated rings. The second kappa shape index (κ2) is 7.20. The van der Waals surface area contributed by atoms with Crippen molar-refractivity contribution in [3.63, 3.8) is 0 Å². The van der Waals surface area contributed by atoms with Crippen LogP contribution in [0, 0.1) is 13.8 Å². The fourth-order valence-electron chi connectivity index (χ4n) is 4.48. The fraction of sp³-hybridized carbons (Fsp3) is 0.684. The summed E-state index contributed by atoms with van der Waals surface area (Å²) in [5.41, 5.74) is 2.67. The normalized spacial score (nSPS) is 24.7. The number of carboxylic acids is 1. The number of hydrogen-bond donors (Lipinski definition) is 1. The Morgan fingerprint density at radius 3 is 2.48 bits per heavy atom. The van der Waals surface area contributed by atoms with Gasteiger partial charge in [0, 0.05) is 37.5 Å². The van der Waals surface area contributed by atoms with Crippen molar-refractivity contribution in [2.24, 2.45) is 0 Å². The summed E-state index contributed by atoms with van der Waals surface area (Å²) in [4.78, 5) is 26.1. The molecular formula is C19H28N2O4. The van der Waals surface area contributed by atoms with Gasteiger partial charge in [-0.15, -0.1) is 0 Å². The Morgan fingerprint density at radius 1 is 1.20 bits per heavy atom. The van der Waals surface area contributed by atoms with Gasteiger partial charge >= 0.3 is 5.97 Å². The number of aryl methyl sites for hydroxylation is 1. The van der Waals surface area contributed by atoms with Crippen LogP contribution in [0.5, 0.6) is 0 Å². The van der Waals surface area contributed by atoms with E-state index < -0.39 is 12.0 Å². The van der Waals surface area contributed by atoms with Crippen LogP contribution in [0.3, 0.4) is 0 Å². The minimum atomic E-state index is -0.964. The maximum atomic E-state index is 13.1. The van der Waals surface area contributed by atoms with Crippen molar-refractivity contribution in [1.29, 1.82) is 0 Å². The van der Waals surface area contributed by atoms with Crippen LogP contribution >= 0.6 is 0 Å². The molecule has 1 saturated carbocycles. The predicted molar refractivity (Wildman–Crippen MR) is 93.9 cm³/mol. The van der Waals surface area contributed by atoms with Crippen molar-refractivity contribution in [1.82, 2.24) is 9.47 Å². The van der Waals surface area contributed by atoms with Gasteiger partial charge in [0.1, 0.15) is 6.04 Å². The number of ether oxygens (including phenoxy) is 1. The van der Waals surface area contributed by atoms with E-state index in [1.807, 2.05) is 19.9 Å². The summed E-state index contributed by atoms with van der Waals surface area (Å²) < 4.78 is 7.58. The summed E-state index contributed by atoms with van der Waals surface area (Å²) in [6, 6.07) is 1.57. The van der Waals surface area contributed by atoms with E-state index in [1.54, 1.807) is 7.11 Å². The molecule has 1 aliphatic carbocycles. The molecule has 1 N–H and O–H groups in total. The second-order valence-electron chi connectivity index (χ2n) is 7.35. The molecule has 2 unspecified atom stereocenters. The molecule has 1 aliphatic heterocycles. The smallest absolute Gasteiger partial charge is 0.326 e. The van der Waals surface area contributed by atoms with Gasteiger partial charge in [-0.2, -0.15) is 0 Å². The Labute approximate surface area is 148 Å². The number of aliphatic carboxylic acids is 1. The van der Waals surface area contributed by atoms with Crippen molar-refractivity contribution in [3.8, 4) is 0 Å². The molecule has 6 heteroatoms. The van der Waals surface area contributed by atoms with Gasteiger partial charge in [-0.3, -0.25) is 4.79 Å². The first kappa shape index (κ1) is 18.0. The molecule has 0 spiro atoms. The zero-order valence-electron chi connectivity index (χ0n) is 15.3. The molecule has 1 saturated heterocycles. The topological polar surface area (TPSA) is 71.8 Å². The number of likely N-dealkylation sites (tertiary alicyclic amines) is 1. The molecule has 0 bridgehead atoms. The van der Waals surface area contributed by atoms with Gasteiger partial charge in [0.15, 0.2) is 0 Å². The van der Waals surface area contributed by atoms with Crippen LogP contribution in [0.1, 0.15) is 66.3 Å². The second-order valence-corrected chi connectivity index (χ2v) is 7.35. The highest BCUT2D eigenvalue weighted by molar-refractivity contribution is 5.98. The molecule has 2 heterocycles. The van der Waals surface area contributed by atoms with Crippen LogP contribution < -0.4 is 0 Å². The zero-order chi connectivity index (χ0) is 18.1. The van der Waals surface area contributed by atoms with Gasteiger partial charge in [-0.25, -0.2) is 4.79 Å². The van der Waals surface area contributed by atoms with Gasteiger partial charge in [-0.1, -0.05) is 19.3 Å². The Hall–Kier alpha value is -1.82. The molecule has 2 aliphatic rings. The first-order valence-corrected chi connectivity index (χ1v) is 9.19. The lowest BCUT2D eigenvalue weighted by Crippen LogP contribution is -2.40. The van der Waals surface area contributed by atoms with Crippen LogP contribution in [0.15, 0.2) is 6.07 Å². The standard InChI is InChI=1S/C19H28N2O4/c1-12-9-16(13(2)21(12)14-7-5-4-6-8-14)18(22)20-11-15(25-3)10-17(20)19(23)24/h9,14-15,17H,4-8,10-11H2,1-3H3,(H,23,24). The number of methoxy groups -OCH3 is 1. The van der Waals surface area contributed by atoms with Crippen molar-refractivity contribution in [2.75, 3.05) is 13.7 Å². The summed E-state index contributed by atoms with van der Waals surface area (Å²) in [6.45, 7) is 4.35. The quantitative estimate of drug-likeness (QED) is 0.908. The molecule has 1 amide bonds. The van der Waals surface area contributed by atoms with Gasteiger partial charge < -0.3 is 19.3 Å². The molecule has 6 nitrogen and oxygen atoms in total. The third-order valence-corrected chi connectivity index (χ3v) is 5.80. The number of aromatic nitrogens is 1. The third-order valence-electron chi connectivity index (χ3n) is 5.80. The molecule has 3 rings (SSSR count). The number of hydrogen-bond acceptors (Lipinski definition) is 3. The van der Waals surface area contributed by atoms with E-state index in [9.17, 15) is 14.7 Å². The van der Waals surface area contributed by atoms with Gasteiger partial charge in [0.05, 0.1) is 11.7 Å². The third kappa shape index (κ3) is 3.32. The Balaban J connectivity index is 1.88. The van der Waals surface area contributed by atoms with Crippen LogP contribution in [-0.4, -0.2) is 52.3 Å². The number of rotatable bonds is 4. The van der Waals surface area contributed by atoms with E-state index in [1.165, 1.54) is 24.2 Å². The van der Waals surface area contributed by atoms with Gasteiger partial charge in [-0.05, 0) is 32.8 Å². The first-order valence-electron chi connectivity index (χ1n) is 9.19. The highest BCUT2D eigenvalue weighted by Crippen LogP contribution is 2.33. The van der Waals surface area contributed by atoms with E-state index in [-0.39, 0.29) is 12.0 Å². The number of carboxylic acid groups (broad SMARTS) is 1. The molecule has 25 heavy (non-hydrogen) atoms. The number of carbonyl (C=O) groups excluding carboxylic acids is 1. The van der Waals surface area contributed by atoms with E-state index in [0.717, 1.165) is 24.2 Å². The zero-order valence-corrected chi connectivity index (χ0v) is 15.3. The van der Waals surface area contributed by atoms with Crippen molar-refractivity contribution in [2.45, 2.75) is 70.6 Å². The molecule has 138 valence electrons. The minimum Gasteiger partial charge on any atom is -0.480 e. The summed E-state index contributed by atoms with van der Waals surface area (Å²) >= 11 is 0. The highest BCUT2D eigenvalue weighted by Gasteiger charge is 2.41. The Morgan fingerprint density at radius 2 is 1.88 bits per heavy atom. The summed E-state index contributed by atoms with van der Waals surface area (Å²) in [7, 11) is 1.56. The molecule has 0 radical (unpaired) electrons. The lowest BCUT2D eigenvalue weighted by atomic mass is 9.95. The van der Waals surface area contributed by atoms with Crippen molar-refractivity contribution < 1.29 is 19.4 Å². The maximum absolute atomic E-state index is 13.1. The van der Waals surface area contributed by atoms with E-state index in [0.29, 0.717) is 24.6 Å². The van der Waals surface area contributed by atoms with Gasteiger partial charge in [0.25, 0.3) is 5.91 Å². The first-order chi connectivity index (χ1) is 11.9. The van der Waals surface area contributed by atoms with E-state index in [2.05, 4.69) is 4.57 Å². The van der Waals surface area contributed by atoms with Crippen molar-refractivity contribution >= 4 is 11.9 Å². The van der Waals surface area contributed by atoms with Crippen LogP contribution in [0.4, 0.5) is 0 Å². The SMILES string of the molecule is COC1CC(C(=O)O)N(C(=O)c2cc(C)n(C3CCCCC3)c2C)C1. The average Bonchev–Trinajstić information content (AvgIpc) is 3.16. The van der Waals surface area contributed by atoms with Gasteiger partial charge in [0.2, 0.25) is 0 Å². The van der Waals surface area contributed by atoms with Crippen LogP contribution in [0.25, 0.3) is 0 Å². The molecular weight excluding hydrogens is 320 g/mol. The largest absolute Gasteiger partial charge is 0.480 e. The van der Waals surface area contributed by atoms with Crippen LogP contribution in [-0.2, 0) is 9.53 Å². The van der Waals surface area contributed by atoms with Crippen molar-refractivity contribution in [3.05, 3.63) is 23.0 Å². The lowest BCUT2D eigenvalue weighted by Gasteiger charge is -2.27. The molecule has 1 aromatic heterocycles. The molecule has 1 aromatic rings. The summed E-state index contributed by atoms with van der Waals surface area (Å²) in [5, 5.41) is 9.47. The highest BCUT2D eigenvalue weighted by atomic mass is 16.5. The van der Waals surface area contributed by atoms with E-state index >= 15 is 0 Å². The number of nitrogens with zero attached hydrogens (tertiary/aromatic N) is 2. The van der Waals surface area contributed by atoms with Crippen LogP contribution in [0.2, 0.25) is 0 Å². The molecule has 0 aromatic carbocycles. The monoisotopic (exact) mass is 348 g/mol. The number of amides is 1. The Bertz CT molecular complexity index is 661. The fourth-order valence-corrected chi connectivity index (χ4v) is 4.48. The van der Waals surface area contributed by atoms with E-state index in [4.69, 9.17) is 4.74 Å². The predicted octanol–water partition coefficient (Wildman–Crippen LogP) is 2.92. The Kier molecular flexibility index (Phi) is 5.18. The number of carbonyl (C=O) groups is 2. The minimum absolute atomic E-state index is 0.192. The summed E-state index contributed by atoms with van der Waals surface area (Å²) in [5.74, 6) is -1.16. The molecule has 2 atom stereocenters.